The van der Waals surface area contributed by atoms with Crippen molar-refractivity contribution in [3.05, 3.63) is 11.6 Å². The summed E-state index contributed by atoms with van der Waals surface area (Å²) in [5.74, 6) is -1.23. The van der Waals surface area contributed by atoms with Gasteiger partial charge in [-0.15, -0.1) is 10.2 Å². The van der Waals surface area contributed by atoms with Crippen molar-refractivity contribution in [1.29, 1.82) is 0 Å². The molecule has 1 aromatic heterocycles. The van der Waals surface area contributed by atoms with Gasteiger partial charge in [-0.1, -0.05) is 0 Å². The maximum Gasteiger partial charge on any atom is 0.248 e. The minimum absolute atomic E-state index is 0.0346. The molecule has 94 valence electrons. The Kier molecular flexibility index (Phi) is 2.43. The highest BCUT2D eigenvalue weighted by atomic mass is 19.3. The molecular weight excluding hydrogens is 226 g/mol. The lowest BCUT2D eigenvalue weighted by atomic mass is 10.1. The molecule has 0 saturated heterocycles. The van der Waals surface area contributed by atoms with E-state index in [1.165, 1.54) is 0 Å². The van der Waals surface area contributed by atoms with Gasteiger partial charge in [-0.05, 0) is 19.3 Å². The quantitative estimate of drug-likeness (QED) is 0.881. The number of nitrogens with zero attached hydrogens (tertiary/aromatic N) is 3. The molecule has 0 spiro atoms. The second-order valence-corrected chi connectivity index (χ2v) is 5.08. The summed E-state index contributed by atoms with van der Waals surface area (Å²) in [6.45, 7) is 0.326. The summed E-state index contributed by atoms with van der Waals surface area (Å²) in [6.07, 6.45) is 2.54. The normalized spacial score (nSPS) is 27.6. The fraction of sp³-hybridized carbons (Fsp3) is 0.818. The van der Waals surface area contributed by atoms with Gasteiger partial charge in [0, 0.05) is 24.8 Å². The Morgan fingerprint density at radius 1 is 1.29 bits per heavy atom. The van der Waals surface area contributed by atoms with Gasteiger partial charge in [-0.2, -0.15) is 0 Å². The number of halogens is 2. The largest absolute Gasteiger partial charge is 0.324 e. The van der Waals surface area contributed by atoms with Crippen LogP contribution in [-0.2, 0) is 6.54 Å². The van der Waals surface area contributed by atoms with Gasteiger partial charge in [0.1, 0.15) is 11.6 Å². The van der Waals surface area contributed by atoms with E-state index in [1.54, 1.807) is 0 Å². The van der Waals surface area contributed by atoms with E-state index < -0.39 is 5.92 Å². The molecule has 0 aromatic carbocycles. The Morgan fingerprint density at radius 3 is 2.59 bits per heavy atom. The third-order valence-corrected chi connectivity index (χ3v) is 3.66. The van der Waals surface area contributed by atoms with Gasteiger partial charge < -0.3 is 10.3 Å². The van der Waals surface area contributed by atoms with Crippen molar-refractivity contribution in [2.24, 2.45) is 5.73 Å². The lowest BCUT2D eigenvalue weighted by Gasteiger charge is -2.13. The third-order valence-electron chi connectivity index (χ3n) is 3.66. The fourth-order valence-corrected chi connectivity index (χ4v) is 2.66. The van der Waals surface area contributed by atoms with Crippen LogP contribution in [0.3, 0.4) is 0 Å². The summed E-state index contributed by atoms with van der Waals surface area (Å²) < 4.78 is 28.5. The zero-order valence-corrected chi connectivity index (χ0v) is 9.57. The Labute approximate surface area is 98.2 Å². The van der Waals surface area contributed by atoms with Crippen molar-refractivity contribution in [2.45, 2.75) is 56.5 Å². The average Bonchev–Trinajstić information content (AvgIpc) is 2.93. The molecule has 2 fully saturated rings. The topological polar surface area (TPSA) is 56.7 Å². The highest BCUT2D eigenvalue weighted by Gasteiger charge is 2.43. The number of hydrogen-bond acceptors (Lipinski definition) is 3. The molecule has 0 amide bonds. The van der Waals surface area contributed by atoms with Crippen molar-refractivity contribution in [3.63, 3.8) is 0 Å². The Hall–Kier alpha value is -1.04. The van der Waals surface area contributed by atoms with Crippen molar-refractivity contribution >= 4 is 0 Å². The molecule has 17 heavy (non-hydrogen) atoms. The van der Waals surface area contributed by atoms with Gasteiger partial charge in [-0.25, -0.2) is 8.78 Å². The van der Waals surface area contributed by atoms with E-state index in [1.807, 2.05) is 4.57 Å². The van der Waals surface area contributed by atoms with Crippen LogP contribution in [0.5, 0.6) is 0 Å². The summed E-state index contributed by atoms with van der Waals surface area (Å²) in [4.78, 5) is 0. The summed E-state index contributed by atoms with van der Waals surface area (Å²) in [6, 6.07) is 0.396. The van der Waals surface area contributed by atoms with Crippen molar-refractivity contribution < 1.29 is 8.78 Å². The van der Waals surface area contributed by atoms with Gasteiger partial charge in [-0.3, -0.25) is 0 Å². The lowest BCUT2D eigenvalue weighted by molar-refractivity contribution is 0.00744. The Morgan fingerprint density at radius 2 is 2.06 bits per heavy atom. The minimum Gasteiger partial charge on any atom is -0.324 e. The highest BCUT2D eigenvalue weighted by molar-refractivity contribution is 5.10. The van der Waals surface area contributed by atoms with Crippen LogP contribution < -0.4 is 5.73 Å². The monoisotopic (exact) mass is 242 g/mol. The van der Waals surface area contributed by atoms with Crippen LogP contribution in [0.15, 0.2) is 0 Å². The van der Waals surface area contributed by atoms with E-state index in [-0.39, 0.29) is 18.8 Å². The second kappa shape index (κ2) is 3.73. The molecule has 2 aliphatic rings. The number of aromatic nitrogens is 3. The molecule has 2 aliphatic carbocycles. The SMILES string of the molecule is NCc1nnc(C2CCC(F)(F)C2)n1C1CC1. The molecule has 1 heterocycles. The summed E-state index contributed by atoms with van der Waals surface area (Å²) in [5.41, 5.74) is 5.61. The molecule has 1 unspecified atom stereocenters. The first kappa shape index (κ1) is 11.1. The maximum atomic E-state index is 13.2. The summed E-state index contributed by atoms with van der Waals surface area (Å²) in [5, 5.41) is 8.13. The minimum atomic E-state index is -2.53. The number of nitrogens with two attached hydrogens (primary N) is 1. The molecule has 0 bridgehead atoms. The molecular formula is C11H16F2N4. The van der Waals surface area contributed by atoms with Gasteiger partial charge >= 0.3 is 0 Å². The number of alkyl halides is 2. The first-order valence-electron chi connectivity index (χ1n) is 6.12. The molecule has 2 saturated carbocycles. The van der Waals surface area contributed by atoms with Crippen molar-refractivity contribution in [1.82, 2.24) is 14.8 Å². The van der Waals surface area contributed by atoms with Crippen molar-refractivity contribution in [2.75, 3.05) is 0 Å². The van der Waals surface area contributed by atoms with Gasteiger partial charge in [0.05, 0.1) is 6.54 Å². The third kappa shape index (κ3) is 1.94. The first-order chi connectivity index (χ1) is 8.11. The van der Waals surface area contributed by atoms with Crippen LogP contribution in [-0.4, -0.2) is 20.7 Å². The van der Waals surface area contributed by atoms with E-state index >= 15 is 0 Å². The summed E-state index contributed by atoms with van der Waals surface area (Å²) in [7, 11) is 0. The smallest absolute Gasteiger partial charge is 0.248 e. The predicted molar refractivity (Wildman–Crippen MR) is 57.7 cm³/mol. The van der Waals surface area contributed by atoms with Crippen LogP contribution in [0.2, 0.25) is 0 Å². The molecule has 1 aromatic rings. The molecule has 4 nitrogen and oxygen atoms in total. The molecule has 2 N–H and O–H groups in total. The Bertz CT molecular complexity index is 425. The van der Waals surface area contributed by atoms with Crippen LogP contribution >= 0.6 is 0 Å². The highest BCUT2D eigenvalue weighted by Crippen LogP contribution is 2.46. The van der Waals surface area contributed by atoms with E-state index in [9.17, 15) is 8.78 Å². The number of hydrogen-bond donors (Lipinski definition) is 1. The molecule has 0 aliphatic heterocycles. The van der Waals surface area contributed by atoms with E-state index in [2.05, 4.69) is 10.2 Å². The van der Waals surface area contributed by atoms with Gasteiger partial charge in [0.15, 0.2) is 0 Å². The zero-order valence-electron chi connectivity index (χ0n) is 9.57. The molecule has 6 heteroatoms. The van der Waals surface area contributed by atoms with E-state index in [0.29, 0.717) is 19.0 Å². The standard InChI is InChI=1S/C11H16F2N4/c12-11(13)4-3-7(5-11)10-16-15-9(6-14)17(10)8-1-2-8/h7-8H,1-6,14H2. The van der Waals surface area contributed by atoms with Crippen molar-refractivity contribution in [3.8, 4) is 0 Å². The lowest BCUT2D eigenvalue weighted by Crippen LogP contribution is -2.13. The zero-order chi connectivity index (χ0) is 12.0. The fourth-order valence-electron chi connectivity index (χ4n) is 2.66. The predicted octanol–water partition coefficient (Wildman–Crippen LogP) is 1.97. The number of rotatable bonds is 3. The van der Waals surface area contributed by atoms with Gasteiger partial charge in [0.25, 0.3) is 0 Å². The maximum absolute atomic E-state index is 13.2. The van der Waals surface area contributed by atoms with E-state index in [0.717, 1.165) is 24.5 Å². The molecule has 3 rings (SSSR count). The van der Waals surface area contributed by atoms with Crippen LogP contribution in [0.1, 0.15) is 55.7 Å². The summed E-state index contributed by atoms with van der Waals surface area (Å²) >= 11 is 0. The average molecular weight is 242 g/mol. The Balaban J connectivity index is 1.90. The van der Waals surface area contributed by atoms with Gasteiger partial charge in [0.2, 0.25) is 5.92 Å². The first-order valence-corrected chi connectivity index (χ1v) is 6.12. The van der Waals surface area contributed by atoms with Crippen LogP contribution in [0.25, 0.3) is 0 Å². The van der Waals surface area contributed by atoms with Crippen LogP contribution in [0, 0.1) is 0 Å². The second-order valence-electron chi connectivity index (χ2n) is 5.08. The molecule has 1 atom stereocenters. The van der Waals surface area contributed by atoms with Crippen LogP contribution in [0.4, 0.5) is 8.78 Å². The molecule has 0 radical (unpaired) electrons. The van der Waals surface area contributed by atoms with E-state index in [4.69, 9.17) is 5.73 Å².